The van der Waals surface area contributed by atoms with Crippen LogP contribution in [0.5, 0.6) is 0 Å². The van der Waals surface area contributed by atoms with E-state index in [2.05, 4.69) is 20.4 Å². The first-order chi connectivity index (χ1) is 14.4. The number of oxazole rings is 1. The van der Waals surface area contributed by atoms with E-state index in [-0.39, 0.29) is 32.4 Å². The second-order valence-corrected chi connectivity index (χ2v) is 6.33. The van der Waals surface area contributed by atoms with Gasteiger partial charge >= 0.3 is 0 Å². The quantitative estimate of drug-likeness (QED) is 0.232. The zero-order valence-electron chi connectivity index (χ0n) is 16.5. The fourth-order valence-electron chi connectivity index (χ4n) is 2.79. The van der Waals surface area contributed by atoms with Crippen molar-refractivity contribution in [3.05, 3.63) is 54.5 Å². The number of halogens is 2. The third kappa shape index (κ3) is 5.47. The Hall–Kier alpha value is -3.69. The van der Waals surface area contributed by atoms with Gasteiger partial charge in [0.15, 0.2) is 11.6 Å². The van der Waals surface area contributed by atoms with Gasteiger partial charge in [0.1, 0.15) is 5.69 Å². The Morgan fingerprint density at radius 3 is 2.35 bits per heavy atom. The highest BCUT2D eigenvalue weighted by molar-refractivity contribution is 5.95. The van der Waals surface area contributed by atoms with E-state index in [1.165, 1.54) is 6.20 Å². The van der Waals surface area contributed by atoms with Gasteiger partial charge in [-0.1, -0.05) is 26.4 Å². The SMILES string of the molecule is C.CC.N/C(=N/O)c1ccc(Nc2ncc(-c3ccc(N4CC(F)(F)C4)cc3)o2)cn1. The van der Waals surface area contributed by atoms with Crippen molar-refractivity contribution < 1.29 is 18.4 Å². The molecule has 1 saturated heterocycles. The van der Waals surface area contributed by atoms with Crippen LogP contribution in [0.25, 0.3) is 11.3 Å². The summed E-state index contributed by atoms with van der Waals surface area (Å²) in [4.78, 5) is 9.83. The first-order valence-corrected chi connectivity index (χ1v) is 9.33. The van der Waals surface area contributed by atoms with Crippen molar-refractivity contribution in [1.82, 2.24) is 9.97 Å². The highest BCUT2D eigenvalue weighted by atomic mass is 19.3. The highest BCUT2D eigenvalue weighted by Gasteiger charge is 2.43. The normalized spacial score (nSPS) is 14.6. The van der Waals surface area contributed by atoms with Gasteiger partial charge in [-0.05, 0) is 36.4 Å². The lowest BCUT2D eigenvalue weighted by Gasteiger charge is -2.40. The van der Waals surface area contributed by atoms with Crippen LogP contribution in [0.1, 0.15) is 27.0 Å². The molecule has 166 valence electrons. The van der Waals surface area contributed by atoms with Gasteiger partial charge in [-0.3, -0.25) is 4.98 Å². The molecule has 8 nitrogen and oxygen atoms in total. The van der Waals surface area contributed by atoms with Crippen LogP contribution >= 0.6 is 0 Å². The van der Waals surface area contributed by atoms with E-state index < -0.39 is 5.92 Å². The monoisotopic (exact) mass is 432 g/mol. The number of aromatic nitrogens is 2. The fraction of sp³-hybridized carbons (Fsp3) is 0.286. The predicted molar refractivity (Wildman–Crippen MR) is 117 cm³/mol. The molecule has 1 aliphatic heterocycles. The second kappa shape index (κ2) is 9.88. The minimum atomic E-state index is -2.60. The Balaban J connectivity index is 0.00000111. The molecule has 4 N–H and O–H groups in total. The summed E-state index contributed by atoms with van der Waals surface area (Å²) in [6.45, 7) is 3.48. The third-order valence-corrected chi connectivity index (χ3v) is 4.25. The zero-order chi connectivity index (χ0) is 21.7. The fourth-order valence-corrected chi connectivity index (χ4v) is 2.79. The first kappa shape index (κ1) is 23.6. The number of pyridine rings is 1. The Morgan fingerprint density at radius 1 is 1.13 bits per heavy atom. The molecule has 1 aromatic carbocycles. The number of oxime groups is 1. The summed E-state index contributed by atoms with van der Waals surface area (Å²) in [5.41, 5.74) is 7.92. The Bertz CT molecular complexity index is 995. The zero-order valence-corrected chi connectivity index (χ0v) is 16.5. The molecule has 1 fully saturated rings. The summed E-state index contributed by atoms with van der Waals surface area (Å²) in [7, 11) is 0. The van der Waals surface area contributed by atoms with E-state index in [9.17, 15) is 8.78 Å². The second-order valence-electron chi connectivity index (χ2n) is 6.33. The molecule has 3 heterocycles. The van der Waals surface area contributed by atoms with Crippen molar-refractivity contribution >= 4 is 23.2 Å². The van der Waals surface area contributed by atoms with Gasteiger partial charge in [0, 0.05) is 11.3 Å². The number of nitrogens with zero attached hydrogens (tertiary/aromatic N) is 4. The molecule has 0 spiro atoms. The Kier molecular flexibility index (Phi) is 7.51. The molecule has 10 heteroatoms. The summed E-state index contributed by atoms with van der Waals surface area (Å²) in [6, 6.07) is 10.7. The smallest absolute Gasteiger partial charge is 0.299 e. The lowest BCUT2D eigenvalue weighted by atomic mass is 10.1. The molecule has 1 aliphatic rings. The van der Waals surface area contributed by atoms with Crippen LogP contribution in [-0.2, 0) is 0 Å². The number of nitrogens with two attached hydrogens (primary N) is 1. The average Bonchev–Trinajstić information content (AvgIpc) is 3.22. The van der Waals surface area contributed by atoms with Crippen LogP contribution < -0.4 is 16.0 Å². The van der Waals surface area contributed by atoms with E-state index in [1.54, 1.807) is 47.5 Å². The van der Waals surface area contributed by atoms with Crippen molar-refractivity contribution in [2.24, 2.45) is 10.9 Å². The van der Waals surface area contributed by atoms with Crippen molar-refractivity contribution in [2.45, 2.75) is 27.2 Å². The van der Waals surface area contributed by atoms with Crippen LogP contribution in [0.15, 0.2) is 58.4 Å². The van der Waals surface area contributed by atoms with Gasteiger partial charge in [-0.2, -0.15) is 0 Å². The van der Waals surface area contributed by atoms with Crippen LogP contribution in [-0.4, -0.2) is 40.0 Å². The van der Waals surface area contributed by atoms with Crippen molar-refractivity contribution in [2.75, 3.05) is 23.3 Å². The maximum atomic E-state index is 13.0. The number of alkyl halides is 2. The number of amidine groups is 1. The summed E-state index contributed by atoms with van der Waals surface area (Å²) in [6.07, 6.45) is 3.06. The van der Waals surface area contributed by atoms with E-state index in [0.717, 1.165) is 11.3 Å². The van der Waals surface area contributed by atoms with E-state index in [1.807, 2.05) is 13.8 Å². The van der Waals surface area contributed by atoms with Crippen LogP contribution in [0.3, 0.4) is 0 Å². The number of hydrogen-bond acceptors (Lipinski definition) is 7. The minimum absolute atomic E-state index is 0. The maximum absolute atomic E-state index is 13.0. The topological polar surface area (TPSA) is 113 Å². The van der Waals surface area contributed by atoms with Gasteiger partial charge in [-0.25, -0.2) is 13.8 Å². The van der Waals surface area contributed by atoms with Gasteiger partial charge in [0.25, 0.3) is 11.9 Å². The standard InChI is InChI=1S/C18H16F2N6O2.C2H6.CH4/c19-18(20)9-26(10-18)13-4-1-11(2-5-13)15-8-23-17(28-15)24-12-3-6-14(22-7-12)16(21)25-27;1-2;/h1-8,27H,9-10H2,(H2,21,25)(H,23,24);1-2H3;1H4. The number of nitrogens with one attached hydrogen (secondary N) is 1. The number of anilines is 3. The number of benzene rings is 1. The Labute approximate surface area is 179 Å². The predicted octanol–water partition coefficient (Wildman–Crippen LogP) is 4.69. The molecule has 4 rings (SSSR count). The van der Waals surface area contributed by atoms with E-state index >= 15 is 0 Å². The van der Waals surface area contributed by atoms with Crippen LogP contribution in [0.2, 0.25) is 0 Å². The van der Waals surface area contributed by atoms with Crippen molar-refractivity contribution in [3.8, 4) is 11.3 Å². The molecule has 0 unspecified atom stereocenters. The van der Waals surface area contributed by atoms with Crippen molar-refractivity contribution in [3.63, 3.8) is 0 Å². The first-order valence-electron chi connectivity index (χ1n) is 9.33. The van der Waals surface area contributed by atoms with Gasteiger partial charge in [0.2, 0.25) is 0 Å². The summed E-state index contributed by atoms with van der Waals surface area (Å²) >= 11 is 0. The maximum Gasteiger partial charge on any atom is 0.299 e. The molecule has 0 radical (unpaired) electrons. The van der Waals surface area contributed by atoms with Crippen LogP contribution in [0.4, 0.5) is 26.2 Å². The molecule has 2 aromatic heterocycles. The van der Waals surface area contributed by atoms with Crippen molar-refractivity contribution in [1.29, 1.82) is 0 Å². The van der Waals surface area contributed by atoms with Gasteiger partial charge in [-0.15, -0.1) is 0 Å². The summed E-state index contributed by atoms with van der Waals surface area (Å²) < 4.78 is 31.6. The van der Waals surface area contributed by atoms with E-state index in [4.69, 9.17) is 15.4 Å². The molecule has 31 heavy (non-hydrogen) atoms. The number of hydrogen-bond donors (Lipinski definition) is 3. The third-order valence-electron chi connectivity index (χ3n) is 4.25. The highest BCUT2D eigenvalue weighted by Crippen LogP contribution is 2.33. The minimum Gasteiger partial charge on any atom is -0.423 e. The lowest BCUT2D eigenvalue weighted by molar-refractivity contribution is -0.0262. The van der Waals surface area contributed by atoms with Gasteiger partial charge in [0.05, 0.1) is 31.2 Å². The molecule has 0 bridgehead atoms. The summed E-state index contributed by atoms with van der Waals surface area (Å²) in [5, 5.41) is 14.5. The molecular weight excluding hydrogens is 406 g/mol. The summed E-state index contributed by atoms with van der Waals surface area (Å²) in [5.74, 6) is -2.16. The molecule has 0 aliphatic carbocycles. The lowest BCUT2D eigenvalue weighted by Crippen LogP contribution is -2.56. The molecule has 0 atom stereocenters. The number of rotatable bonds is 5. The Morgan fingerprint density at radius 2 is 1.81 bits per heavy atom. The molecule has 3 aromatic rings. The van der Waals surface area contributed by atoms with Gasteiger partial charge < -0.3 is 25.6 Å². The van der Waals surface area contributed by atoms with Crippen LogP contribution in [0, 0.1) is 0 Å². The molecular formula is C21H26F2N6O2. The van der Waals surface area contributed by atoms with E-state index in [0.29, 0.717) is 17.1 Å². The average molecular weight is 432 g/mol. The largest absolute Gasteiger partial charge is 0.423 e. The molecule has 0 amide bonds. The molecule has 0 saturated carbocycles.